The van der Waals surface area contributed by atoms with Crippen molar-refractivity contribution in [1.82, 2.24) is 20.1 Å². The van der Waals surface area contributed by atoms with E-state index in [1.165, 1.54) is 11.8 Å². The average Bonchev–Trinajstić information content (AvgIpc) is 3.26. The molecule has 0 unspecified atom stereocenters. The summed E-state index contributed by atoms with van der Waals surface area (Å²) < 4.78 is 7.17. The Balaban J connectivity index is 1.67. The standard InChI is InChI=1S/C19H17ClN4O3S/c1-3-9-24-17(15-8-10-27-12(15)2)22-23-19(24)28-11-16(25)21-18(26)13-4-6-14(20)7-5-13/h3-8,10H,1,9,11H2,2H3,(H,21,25,26). The molecule has 2 aromatic heterocycles. The summed E-state index contributed by atoms with van der Waals surface area (Å²) in [5.41, 5.74) is 1.18. The second-order valence-corrected chi connectivity index (χ2v) is 7.15. The second-order valence-electron chi connectivity index (χ2n) is 5.77. The van der Waals surface area contributed by atoms with E-state index in [4.69, 9.17) is 16.0 Å². The van der Waals surface area contributed by atoms with Crippen molar-refractivity contribution >= 4 is 35.2 Å². The number of amides is 2. The lowest BCUT2D eigenvalue weighted by Crippen LogP contribution is -2.31. The maximum atomic E-state index is 12.2. The van der Waals surface area contributed by atoms with Crippen molar-refractivity contribution in [2.75, 3.05) is 5.75 Å². The third-order valence-electron chi connectivity index (χ3n) is 3.82. The quantitative estimate of drug-likeness (QED) is 0.466. The molecule has 0 aliphatic carbocycles. The van der Waals surface area contributed by atoms with Crippen LogP contribution in [0.4, 0.5) is 0 Å². The van der Waals surface area contributed by atoms with Gasteiger partial charge in [-0.05, 0) is 37.3 Å². The number of rotatable bonds is 7. The summed E-state index contributed by atoms with van der Waals surface area (Å²) in [7, 11) is 0. The predicted molar refractivity (Wildman–Crippen MR) is 107 cm³/mol. The fraction of sp³-hybridized carbons (Fsp3) is 0.158. The van der Waals surface area contributed by atoms with Gasteiger partial charge in [0.25, 0.3) is 5.91 Å². The number of imide groups is 1. The Morgan fingerprint density at radius 1 is 1.29 bits per heavy atom. The second kappa shape index (κ2) is 8.90. The minimum absolute atomic E-state index is 0.0129. The van der Waals surface area contributed by atoms with Gasteiger partial charge in [-0.1, -0.05) is 29.4 Å². The van der Waals surface area contributed by atoms with Crippen LogP contribution in [0.15, 0.2) is 58.8 Å². The molecule has 3 aromatic rings. The first-order valence-electron chi connectivity index (χ1n) is 8.30. The fourth-order valence-electron chi connectivity index (χ4n) is 2.47. The maximum absolute atomic E-state index is 12.2. The average molecular weight is 417 g/mol. The molecule has 0 aliphatic heterocycles. The molecular weight excluding hydrogens is 400 g/mol. The van der Waals surface area contributed by atoms with Crippen LogP contribution in [0, 0.1) is 6.92 Å². The lowest BCUT2D eigenvalue weighted by Gasteiger charge is -2.07. The van der Waals surface area contributed by atoms with Crippen LogP contribution in [0.25, 0.3) is 11.4 Å². The molecule has 144 valence electrons. The molecule has 0 radical (unpaired) electrons. The summed E-state index contributed by atoms with van der Waals surface area (Å²) in [4.78, 5) is 24.3. The monoisotopic (exact) mass is 416 g/mol. The first-order valence-corrected chi connectivity index (χ1v) is 9.67. The van der Waals surface area contributed by atoms with Gasteiger partial charge < -0.3 is 4.42 Å². The molecular formula is C19H17ClN4O3S. The fourth-order valence-corrected chi connectivity index (χ4v) is 3.35. The van der Waals surface area contributed by atoms with Crippen LogP contribution in [0.5, 0.6) is 0 Å². The number of aromatic nitrogens is 3. The van der Waals surface area contributed by atoms with Gasteiger partial charge in [-0.3, -0.25) is 19.5 Å². The van der Waals surface area contributed by atoms with Crippen LogP contribution in [0.1, 0.15) is 16.1 Å². The molecule has 28 heavy (non-hydrogen) atoms. The zero-order valence-electron chi connectivity index (χ0n) is 15.0. The normalized spacial score (nSPS) is 10.6. The summed E-state index contributed by atoms with van der Waals surface area (Å²) in [6.45, 7) is 6.06. The Morgan fingerprint density at radius 2 is 2.04 bits per heavy atom. The molecule has 9 heteroatoms. The van der Waals surface area contributed by atoms with Crippen LogP contribution in [0.2, 0.25) is 5.02 Å². The molecule has 7 nitrogen and oxygen atoms in total. The number of allylic oxidation sites excluding steroid dienone is 1. The van der Waals surface area contributed by atoms with Gasteiger partial charge in [0.15, 0.2) is 11.0 Å². The van der Waals surface area contributed by atoms with Crippen molar-refractivity contribution < 1.29 is 14.0 Å². The summed E-state index contributed by atoms with van der Waals surface area (Å²) >= 11 is 6.98. The van der Waals surface area contributed by atoms with Crippen molar-refractivity contribution in [2.24, 2.45) is 0 Å². The molecule has 2 amide bonds. The molecule has 0 atom stereocenters. The van der Waals surface area contributed by atoms with Crippen LogP contribution in [-0.2, 0) is 11.3 Å². The number of nitrogens with zero attached hydrogens (tertiary/aromatic N) is 3. The smallest absolute Gasteiger partial charge is 0.257 e. The van der Waals surface area contributed by atoms with E-state index in [1.54, 1.807) is 36.6 Å². The number of aryl methyl sites for hydroxylation is 1. The zero-order chi connectivity index (χ0) is 20.1. The maximum Gasteiger partial charge on any atom is 0.257 e. The van der Waals surface area contributed by atoms with Crippen molar-refractivity contribution in [2.45, 2.75) is 18.6 Å². The van der Waals surface area contributed by atoms with Crippen molar-refractivity contribution in [3.05, 3.63) is 65.6 Å². The SMILES string of the molecule is C=CCn1c(SCC(=O)NC(=O)c2ccc(Cl)cc2)nnc1-c1ccoc1C. The van der Waals surface area contributed by atoms with Gasteiger partial charge in [0, 0.05) is 17.1 Å². The first-order chi connectivity index (χ1) is 13.5. The van der Waals surface area contributed by atoms with Crippen LogP contribution in [-0.4, -0.2) is 32.3 Å². The highest BCUT2D eigenvalue weighted by Gasteiger charge is 2.18. The summed E-state index contributed by atoms with van der Waals surface area (Å²) in [6, 6.07) is 8.10. The molecule has 1 N–H and O–H groups in total. The Labute approximate surface area is 170 Å². The molecule has 0 fully saturated rings. The highest BCUT2D eigenvalue weighted by Crippen LogP contribution is 2.27. The van der Waals surface area contributed by atoms with Gasteiger partial charge in [-0.2, -0.15) is 0 Å². The van der Waals surface area contributed by atoms with Gasteiger partial charge >= 0.3 is 0 Å². The minimum Gasteiger partial charge on any atom is -0.469 e. The van der Waals surface area contributed by atoms with Gasteiger partial charge in [0.1, 0.15) is 5.76 Å². The molecule has 1 aromatic carbocycles. The topological polar surface area (TPSA) is 90.0 Å². The highest BCUT2D eigenvalue weighted by molar-refractivity contribution is 7.99. The molecule has 2 heterocycles. The number of benzene rings is 1. The lowest BCUT2D eigenvalue weighted by molar-refractivity contribution is -0.117. The molecule has 0 saturated carbocycles. The Hall–Kier alpha value is -2.84. The third-order valence-corrected chi connectivity index (χ3v) is 5.04. The Bertz CT molecular complexity index is 1010. The molecule has 0 aliphatic rings. The van der Waals surface area contributed by atoms with E-state index < -0.39 is 11.8 Å². The first kappa shape index (κ1) is 19.9. The van der Waals surface area contributed by atoms with Crippen molar-refractivity contribution in [3.63, 3.8) is 0 Å². The lowest BCUT2D eigenvalue weighted by atomic mass is 10.2. The number of thioether (sulfide) groups is 1. The number of hydrogen-bond donors (Lipinski definition) is 1. The number of nitrogens with one attached hydrogen (secondary N) is 1. The van der Waals surface area contributed by atoms with Crippen LogP contribution < -0.4 is 5.32 Å². The summed E-state index contributed by atoms with van der Waals surface area (Å²) in [5.74, 6) is 0.453. The largest absolute Gasteiger partial charge is 0.469 e. The number of carbonyl (C=O) groups is 2. The van der Waals surface area contributed by atoms with E-state index in [2.05, 4.69) is 22.1 Å². The van der Waals surface area contributed by atoms with E-state index in [1.807, 2.05) is 17.6 Å². The van der Waals surface area contributed by atoms with Crippen molar-refractivity contribution in [3.8, 4) is 11.4 Å². The van der Waals surface area contributed by atoms with Gasteiger partial charge in [-0.15, -0.1) is 16.8 Å². The molecule has 0 spiro atoms. The van der Waals surface area contributed by atoms with E-state index in [-0.39, 0.29) is 5.75 Å². The van der Waals surface area contributed by atoms with Crippen LogP contribution >= 0.6 is 23.4 Å². The minimum atomic E-state index is -0.482. The predicted octanol–water partition coefficient (Wildman–Crippen LogP) is 3.73. The number of furan rings is 1. The van der Waals surface area contributed by atoms with Crippen LogP contribution in [0.3, 0.4) is 0 Å². The zero-order valence-corrected chi connectivity index (χ0v) is 16.6. The summed E-state index contributed by atoms with van der Waals surface area (Å²) in [6.07, 6.45) is 3.30. The van der Waals surface area contributed by atoms with E-state index in [9.17, 15) is 9.59 Å². The van der Waals surface area contributed by atoms with Crippen molar-refractivity contribution in [1.29, 1.82) is 0 Å². The molecule has 3 rings (SSSR count). The van der Waals surface area contributed by atoms with Gasteiger partial charge in [0.2, 0.25) is 5.91 Å². The van der Waals surface area contributed by atoms with E-state index >= 15 is 0 Å². The summed E-state index contributed by atoms with van der Waals surface area (Å²) in [5, 5.41) is 11.8. The van der Waals surface area contributed by atoms with Gasteiger partial charge in [0.05, 0.1) is 17.6 Å². The molecule has 0 saturated heterocycles. The third kappa shape index (κ3) is 4.52. The highest BCUT2D eigenvalue weighted by atomic mass is 35.5. The van der Waals surface area contributed by atoms with E-state index in [0.29, 0.717) is 28.1 Å². The number of halogens is 1. The Kier molecular flexibility index (Phi) is 6.33. The van der Waals surface area contributed by atoms with Gasteiger partial charge in [-0.25, -0.2) is 0 Å². The number of carbonyl (C=O) groups excluding carboxylic acids is 2. The Morgan fingerprint density at radius 3 is 2.68 bits per heavy atom. The molecule has 0 bridgehead atoms. The van der Waals surface area contributed by atoms with E-state index in [0.717, 1.165) is 11.3 Å². The number of hydrogen-bond acceptors (Lipinski definition) is 6.